The van der Waals surface area contributed by atoms with Gasteiger partial charge in [0.2, 0.25) is 0 Å². The SMILES string of the molecule is S=c1[nH]nc(CCCCc2n[nH]c(=S)n2-c2ccc(Cl)cc2)n1-c1ccc(Cl)cc1. The van der Waals surface area contributed by atoms with Gasteiger partial charge in [-0.25, -0.2) is 0 Å². The van der Waals surface area contributed by atoms with Crippen molar-refractivity contribution in [1.82, 2.24) is 29.5 Å². The van der Waals surface area contributed by atoms with Crippen LogP contribution in [0, 0.1) is 9.54 Å². The molecule has 154 valence electrons. The van der Waals surface area contributed by atoms with E-state index in [9.17, 15) is 0 Å². The van der Waals surface area contributed by atoms with E-state index in [1.54, 1.807) is 0 Å². The number of H-pyrrole nitrogens is 2. The molecule has 4 rings (SSSR count). The number of nitrogens with one attached hydrogen (secondary N) is 2. The molecule has 2 aromatic carbocycles. The Labute approximate surface area is 193 Å². The number of nitrogens with zero attached hydrogens (tertiary/aromatic N) is 4. The van der Waals surface area contributed by atoms with Crippen LogP contribution in [-0.2, 0) is 12.8 Å². The molecule has 4 aromatic rings. The van der Waals surface area contributed by atoms with Gasteiger partial charge < -0.3 is 0 Å². The van der Waals surface area contributed by atoms with E-state index < -0.39 is 0 Å². The molecule has 10 heteroatoms. The monoisotopic (exact) mass is 476 g/mol. The standard InChI is InChI=1S/C20H18Cl2N6S2/c21-13-5-9-15(10-6-13)27-17(23-25-19(27)29)3-1-2-4-18-24-26-20(30)28(18)16-11-7-14(22)8-12-16/h5-12H,1-4H2,(H,25,29)(H,26,30). The zero-order chi connectivity index (χ0) is 21.1. The molecule has 0 saturated heterocycles. The van der Waals surface area contributed by atoms with Crippen molar-refractivity contribution in [2.75, 3.05) is 0 Å². The lowest BCUT2D eigenvalue weighted by atomic mass is 10.1. The predicted octanol–water partition coefficient (Wildman–Crippen LogP) is 6.05. The molecule has 30 heavy (non-hydrogen) atoms. The Morgan fingerprint density at radius 1 is 0.667 bits per heavy atom. The second-order valence-corrected chi connectivity index (χ2v) is 8.37. The molecule has 0 spiro atoms. The number of halogens is 2. The zero-order valence-corrected chi connectivity index (χ0v) is 19.0. The molecular formula is C20H18Cl2N6S2. The van der Waals surface area contributed by atoms with Crippen molar-refractivity contribution in [3.63, 3.8) is 0 Å². The number of aromatic amines is 2. The number of benzene rings is 2. The molecule has 0 aliphatic carbocycles. The minimum absolute atomic E-state index is 0.566. The molecule has 0 bridgehead atoms. The Morgan fingerprint density at radius 3 is 1.40 bits per heavy atom. The van der Waals surface area contributed by atoms with Crippen LogP contribution in [0.5, 0.6) is 0 Å². The third-order valence-corrected chi connectivity index (χ3v) is 5.76. The third-order valence-electron chi connectivity index (χ3n) is 4.70. The Morgan fingerprint density at radius 2 is 1.03 bits per heavy atom. The highest BCUT2D eigenvalue weighted by Gasteiger charge is 2.11. The Bertz CT molecular complexity index is 1150. The lowest BCUT2D eigenvalue weighted by Gasteiger charge is -2.08. The van der Waals surface area contributed by atoms with E-state index in [1.807, 2.05) is 57.7 Å². The summed E-state index contributed by atoms with van der Waals surface area (Å²) < 4.78 is 5.01. The Kier molecular flexibility index (Phi) is 6.48. The number of aryl methyl sites for hydroxylation is 2. The quantitative estimate of drug-likeness (QED) is 0.251. The van der Waals surface area contributed by atoms with Gasteiger partial charge in [-0.3, -0.25) is 19.3 Å². The van der Waals surface area contributed by atoms with Crippen LogP contribution in [0.1, 0.15) is 24.5 Å². The fourth-order valence-electron chi connectivity index (χ4n) is 3.27. The van der Waals surface area contributed by atoms with Crippen molar-refractivity contribution in [3.8, 4) is 11.4 Å². The number of rotatable bonds is 7. The summed E-state index contributed by atoms with van der Waals surface area (Å²) in [6.07, 6.45) is 3.41. The van der Waals surface area contributed by atoms with E-state index in [1.165, 1.54) is 0 Å². The lowest BCUT2D eigenvalue weighted by molar-refractivity contribution is 0.670. The van der Waals surface area contributed by atoms with Crippen molar-refractivity contribution in [2.45, 2.75) is 25.7 Å². The number of hydrogen-bond acceptors (Lipinski definition) is 4. The van der Waals surface area contributed by atoms with Crippen LogP contribution in [0.2, 0.25) is 10.0 Å². The van der Waals surface area contributed by atoms with Gasteiger partial charge >= 0.3 is 0 Å². The third kappa shape index (κ3) is 4.57. The average Bonchev–Trinajstić information content (AvgIpc) is 3.29. The Hall–Kier alpha value is -2.26. The van der Waals surface area contributed by atoms with Crippen molar-refractivity contribution >= 4 is 47.6 Å². The van der Waals surface area contributed by atoms with E-state index in [2.05, 4.69) is 20.4 Å². The molecule has 2 N–H and O–H groups in total. The van der Waals surface area contributed by atoms with Crippen LogP contribution < -0.4 is 0 Å². The van der Waals surface area contributed by atoms with Gasteiger partial charge in [0.25, 0.3) is 0 Å². The predicted molar refractivity (Wildman–Crippen MR) is 124 cm³/mol. The first kappa shape index (κ1) is 21.0. The highest BCUT2D eigenvalue weighted by atomic mass is 35.5. The fourth-order valence-corrected chi connectivity index (χ4v) is 4.04. The summed E-state index contributed by atoms with van der Waals surface area (Å²) in [5, 5.41) is 15.9. The van der Waals surface area contributed by atoms with Crippen molar-refractivity contribution in [1.29, 1.82) is 0 Å². The Balaban J connectivity index is 1.44. The molecule has 6 nitrogen and oxygen atoms in total. The molecule has 0 aliphatic rings. The smallest absolute Gasteiger partial charge is 0.199 e. The second-order valence-electron chi connectivity index (χ2n) is 6.72. The van der Waals surface area contributed by atoms with Crippen LogP contribution in [-0.4, -0.2) is 29.5 Å². The fraction of sp³-hybridized carbons (Fsp3) is 0.200. The van der Waals surface area contributed by atoms with Gasteiger partial charge in [-0.2, -0.15) is 10.2 Å². The molecule has 0 saturated carbocycles. The summed E-state index contributed by atoms with van der Waals surface area (Å²) in [6, 6.07) is 15.1. The van der Waals surface area contributed by atoms with Crippen LogP contribution in [0.4, 0.5) is 0 Å². The van der Waals surface area contributed by atoms with Crippen molar-refractivity contribution in [2.24, 2.45) is 0 Å². The summed E-state index contributed by atoms with van der Waals surface area (Å²) in [5.74, 6) is 1.78. The normalized spacial score (nSPS) is 11.1. The van der Waals surface area contributed by atoms with Gasteiger partial charge in [0.1, 0.15) is 11.6 Å². The maximum atomic E-state index is 6.00. The molecule has 2 aromatic heterocycles. The van der Waals surface area contributed by atoms with Crippen molar-refractivity contribution in [3.05, 3.63) is 79.8 Å². The first-order valence-corrected chi connectivity index (χ1v) is 10.9. The lowest BCUT2D eigenvalue weighted by Crippen LogP contribution is -2.04. The van der Waals surface area contributed by atoms with E-state index in [-0.39, 0.29) is 0 Å². The van der Waals surface area contributed by atoms with Gasteiger partial charge in [-0.05, 0) is 85.8 Å². The molecule has 0 atom stereocenters. The number of hydrogen-bond donors (Lipinski definition) is 2. The second kappa shape index (κ2) is 9.26. The molecular weight excluding hydrogens is 459 g/mol. The summed E-state index contributed by atoms with van der Waals surface area (Å²) in [4.78, 5) is 0. The zero-order valence-electron chi connectivity index (χ0n) is 15.8. The number of aromatic nitrogens is 6. The first-order chi connectivity index (χ1) is 14.5. The average molecular weight is 477 g/mol. The van der Waals surface area contributed by atoms with Crippen LogP contribution in [0.3, 0.4) is 0 Å². The van der Waals surface area contributed by atoms with Gasteiger partial charge in [0.15, 0.2) is 9.54 Å². The molecule has 2 heterocycles. The van der Waals surface area contributed by atoms with E-state index >= 15 is 0 Å². The van der Waals surface area contributed by atoms with E-state index in [4.69, 9.17) is 47.6 Å². The van der Waals surface area contributed by atoms with Gasteiger partial charge in [-0.15, -0.1) is 0 Å². The molecule has 0 amide bonds. The largest absolute Gasteiger partial charge is 0.272 e. The van der Waals surface area contributed by atoms with Crippen LogP contribution in [0.25, 0.3) is 11.4 Å². The van der Waals surface area contributed by atoms with Crippen LogP contribution >= 0.6 is 47.6 Å². The first-order valence-electron chi connectivity index (χ1n) is 9.37. The molecule has 0 fully saturated rings. The highest BCUT2D eigenvalue weighted by molar-refractivity contribution is 7.71. The van der Waals surface area contributed by atoms with Gasteiger partial charge in [-0.1, -0.05) is 23.2 Å². The maximum Gasteiger partial charge on any atom is 0.199 e. The maximum absolute atomic E-state index is 6.00. The number of unbranched alkanes of at least 4 members (excludes halogenated alkanes) is 1. The molecule has 0 aliphatic heterocycles. The summed E-state index contributed by atoms with van der Waals surface area (Å²) in [6.45, 7) is 0. The molecule has 0 radical (unpaired) electrons. The summed E-state index contributed by atoms with van der Waals surface area (Å²) in [7, 11) is 0. The summed E-state index contributed by atoms with van der Waals surface area (Å²) in [5.41, 5.74) is 1.88. The molecule has 0 unspecified atom stereocenters. The highest BCUT2D eigenvalue weighted by Crippen LogP contribution is 2.18. The van der Waals surface area contributed by atoms with Gasteiger partial charge in [0, 0.05) is 34.3 Å². The minimum Gasteiger partial charge on any atom is -0.272 e. The van der Waals surface area contributed by atoms with Crippen LogP contribution in [0.15, 0.2) is 48.5 Å². The topological polar surface area (TPSA) is 67.2 Å². The minimum atomic E-state index is 0.566. The van der Waals surface area contributed by atoms with Gasteiger partial charge in [0.05, 0.1) is 0 Å². The van der Waals surface area contributed by atoms with E-state index in [0.29, 0.717) is 19.6 Å². The van der Waals surface area contributed by atoms with Crippen molar-refractivity contribution < 1.29 is 0 Å². The summed E-state index contributed by atoms with van der Waals surface area (Å²) >= 11 is 22.8. The van der Waals surface area contributed by atoms with E-state index in [0.717, 1.165) is 48.7 Å².